The van der Waals surface area contributed by atoms with Crippen molar-refractivity contribution in [2.45, 2.75) is 38.5 Å². The van der Waals surface area contributed by atoms with Crippen LogP contribution in [0.15, 0.2) is 0 Å². The van der Waals surface area contributed by atoms with Gasteiger partial charge in [-0.25, -0.2) is 0 Å². The first-order chi connectivity index (χ1) is 4.86. The van der Waals surface area contributed by atoms with Crippen molar-refractivity contribution in [2.24, 2.45) is 11.8 Å². The van der Waals surface area contributed by atoms with E-state index >= 15 is 0 Å². The van der Waals surface area contributed by atoms with E-state index in [0.29, 0.717) is 11.7 Å². The van der Waals surface area contributed by atoms with E-state index in [4.69, 9.17) is 0 Å². The molecule has 0 amide bonds. The highest BCUT2D eigenvalue weighted by molar-refractivity contribution is 5.95. The molecular formula is C9H14O. The Labute approximate surface area is 61.8 Å². The molecule has 10 heavy (non-hydrogen) atoms. The Kier molecular flexibility index (Phi) is 1.51. The maximum Gasteiger partial charge on any atom is 0.137 e. The standard InChI is InChI=1S/C9H14O/c10-9-6-8(9)5-7-3-1-2-4-7/h7-8H,1-6H2. The largest absolute Gasteiger partial charge is 0.299 e. The minimum absolute atomic E-state index is 0.503. The Morgan fingerprint density at radius 2 is 1.90 bits per heavy atom. The van der Waals surface area contributed by atoms with Gasteiger partial charge >= 0.3 is 0 Å². The topological polar surface area (TPSA) is 17.1 Å². The van der Waals surface area contributed by atoms with Gasteiger partial charge in [0.2, 0.25) is 0 Å². The molecule has 1 unspecified atom stereocenters. The summed E-state index contributed by atoms with van der Waals surface area (Å²) in [7, 11) is 0. The van der Waals surface area contributed by atoms with Crippen molar-refractivity contribution in [2.75, 3.05) is 0 Å². The average molecular weight is 138 g/mol. The van der Waals surface area contributed by atoms with Crippen LogP contribution in [0.5, 0.6) is 0 Å². The van der Waals surface area contributed by atoms with Gasteiger partial charge in [-0.1, -0.05) is 25.7 Å². The maximum atomic E-state index is 10.7. The number of carbonyl (C=O) groups is 1. The molecule has 2 rings (SSSR count). The van der Waals surface area contributed by atoms with Crippen molar-refractivity contribution in [3.63, 3.8) is 0 Å². The van der Waals surface area contributed by atoms with Crippen LogP contribution in [0.25, 0.3) is 0 Å². The lowest BCUT2D eigenvalue weighted by Crippen LogP contribution is -1.94. The number of hydrogen-bond donors (Lipinski definition) is 0. The van der Waals surface area contributed by atoms with Crippen LogP contribution in [-0.2, 0) is 4.79 Å². The highest BCUT2D eigenvalue weighted by Crippen LogP contribution is 2.37. The van der Waals surface area contributed by atoms with E-state index in [0.717, 1.165) is 12.3 Å². The van der Waals surface area contributed by atoms with Gasteiger partial charge in [-0.15, -0.1) is 0 Å². The molecule has 2 aliphatic carbocycles. The van der Waals surface area contributed by atoms with E-state index < -0.39 is 0 Å². The predicted molar refractivity (Wildman–Crippen MR) is 39.7 cm³/mol. The summed E-state index contributed by atoms with van der Waals surface area (Å²) in [6.07, 6.45) is 7.72. The van der Waals surface area contributed by atoms with Crippen molar-refractivity contribution in [1.29, 1.82) is 0 Å². The zero-order valence-corrected chi connectivity index (χ0v) is 6.31. The summed E-state index contributed by atoms with van der Waals surface area (Å²) in [5, 5.41) is 0. The summed E-state index contributed by atoms with van der Waals surface area (Å²) >= 11 is 0. The second-order valence-electron chi connectivity index (χ2n) is 3.75. The third kappa shape index (κ3) is 1.23. The Morgan fingerprint density at radius 1 is 1.30 bits per heavy atom. The van der Waals surface area contributed by atoms with Crippen LogP contribution in [0.4, 0.5) is 0 Å². The second-order valence-corrected chi connectivity index (χ2v) is 3.75. The number of hydrogen-bond acceptors (Lipinski definition) is 1. The van der Waals surface area contributed by atoms with Crippen molar-refractivity contribution >= 4 is 5.78 Å². The zero-order valence-electron chi connectivity index (χ0n) is 6.31. The fraction of sp³-hybridized carbons (Fsp3) is 0.889. The Balaban J connectivity index is 1.74. The molecule has 1 heteroatoms. The summed E-state index contributed by atoms with van der Waals surface area (Å²) in [5.41, 5.74) is 0. The molecule has 1 nitrogen and oxygen atoms in total. The molecule has 0 spiro atoms. The Hall–Kier alpha value is -0.330. The summed E-state index contributed by atoms with van der Waals surface area (Å²) in [6, 6.07) is 0. The minimum Gasteiger partial charge on any atom is -0.299 e. The highest BCUT2D eigenvalue weighted by Gasteiger charge is 2.36. The molecule has 0 N–H and O–H groups in total. The fourth-order valence-electron chi connectivity index (χ4n) is 2.05. The Morgan fingerprint density at radius 3 is 2.40 bits per heavy atom. The quantitative estimate of drug-likeness (QED) is 0.571. The van der Waals surface area contributed by atoms with Gasteiger partial charge in [-0.2, -0.15) is 0 Å². The number of carbonyl (C=O) groups excluding carboxylic acids is 1. The van der Waals surface area contributed by atoms with Crippen molar-refractivity contribution in [3.05, 3.63) is 0 Å². The minimum atomic E-state index is 0.503. The van der Waals surface area contributed by atoms with Crippen molar-refractivity contribution in [1.82, 2.24) is 0 Å². The van der Waals surface area contributed by atoms with Gasteiger partial charge in [-0.3, -0.25) is 4.79 Å². The second kappa shape index (κ2) is 2.37. The predicted octanol–water partition coefficient (Wildman–Crippen LogP) is 2.16. The Bertz CT molecular complexity index is 145. The van der Waals surface area contributed by atoms with Gasteiger partial charge in [0.1, 0.15) is 5.78 Å². The van der Waals surface area contributed by atoms with Gasteiger partial charge in [-0.05, 0) is 12.3 Å². The summed E-state index contributed by atoms with van der Waals surface area (Å²) in [4.78, 5) is 10.7. The molecule has 2 fully saturated rings. The molecule has 0 aromatic rings. The smallest absolute Gasteiger partial charge is 0.137 e. The lowest BCUT2D eigenvalue weighted by atomic mass is 10.0. The van der Waals surface area contributed by atoms with E-state index in [2.05, 4.69) is 0 Å². The molecule has 0 radical (unpaired) electrons. The first-order valence-electron chi connectivity index (χ1n) is 4.39. The van der Waals surface area contributed by atoms with E-state index in [1.54, 1.807) is 0 Å². The van der Waals surface area contributed by atoms with E-state index in [1.807, 2.05) is 0 Å². The van der Waals surface area contributed by atoms with Crippen LogP contribution < -0.4 is 0 Å². The first-order valence-corrected chi connectivity index (χ1v) is 4.39. The van der Waals surface area contributed by atoms with Crippen LogP contribution in [0, 0.1) is 11.8 Å². The molecule has 0 bridgehead atoms. The monoisotopic (exact) mass is 138 g/mol. The van der Waals surface area contributed by atoms with Gasteiger partial charge in [0.05, 0.1) is 0 Å². The molecular weight excluding hydrogens is 124 g/mol. The third-order valence-corrected chi connectivity index (χ3v) is 2.84. The average Bonchev–Trinajstić information content (AvgIpc) is 2.48. The van der Waals surface area contributed by atoms with Crippen LogP contribution >= 0.6 is 0 Å². The van der Waals surface area contributed by atoms with Crippen LogP contribution in [0.2, 0.25) is 0 Å². The molecule has 0 heterocycles. The summed E-state index contributed by atoms with van der Waals surface area (Å²) in [5.74, 6) is 1.94. The molecule has 2 saturated carbocycles. The number of ketones is 1. The SMILES string of the molecule is O=C1CC1CC1CCCC1. The van der Waals surface area contributed by atoms with Crippen LogP contribution in [-0.4, -0.2) is 5.78 Å². The fourth-order valence-corrected chi connectivity index (χ4v) is 2.05. The van der Waals surface area contributed by atoms with E-state index in [9.17, 15) is 4.79 Å². The van der Waals surface area contributed by atoms with Crippen LogP contribution in [0.1, 0.15) is 38.5 Å². The lowest BCUT2D eigenvalue weighted by molar-refractivity contribution is -0.111. The van der Waals surface area contributed by atoms with Crippen LogP contribution in [0.3, 0.4) is 0 Å². The van der Waals surface area contributed by atoms with Crippen molar-refractivity contribution < 1.29 is 4.79 Å². The van der Waals surface area contributed by atoms with Gasteiger partial charge < -0.3 is 0 Å². The molecule has 0 aromatic heterocycles. The van der Waals surface area contributed by atoms with Gasteiger partial charge in [0.15, 0.2) is 0 Å². The molecule has 2 aliphatic rings. The lowest BCUT2D eigenvalue weighted by Gasteiger charge is -2.04. The molecule has 56 valence electrons. The maximum absolute atomic E-state index is 10.7. The van der Waals surface area contributed by atoms with Crippen molar-refractivity contribution in [3.8, 4) is 0 Å². The highest BCUT2D eigenvalue weighted by atomic mass is 16.1. The summed E-state index contributed by atoms with van der Waals surface area (Å²) in [6.45, 7) is 0. The van der Waals surface area contributed by atoms with Gasteiger partial charge in [0, 0.05) is 12.3 Å². The third-order valence-electron chi connectivity index (χ3n) is 2.84. The molecule has 0 aliphatic heterocycles. The zero-order chi connectivity index (χ0) is 6.97. The molecule has 0 saturated heterocycles. The molecule has 1 atom stereocenters. The first kappa shape index (κ1) is 6.38. The molecule has 0 aromatic carbocycles. The summed E-state index contributed by atoms with van der Waals surface area (Å²) < 4.78 is 0. The normalized spacial score (nSPS) is 33.2. The van der Waals surface area contributed by atoms with E-state index in [-0.39, 0.29) is 0 Å². The van der Waals surface area contributed by atoms with Gasteiger partial charge in [0.25, 0.3) is 0 Å². The number of Topliss-reactive ketones (excluding diaryl/α,β-unsaturated/α-hetero) is 1. The van der Waals surface area contributed by atoms with E-state index in [1.165, 1.54) is 32.1 Å². The number of rotatable bonds is 2.